The number of aliphatic hydroxyl groups is 1. The van der Waals surface area contributed by atoms with Gasteiger partial charge in [-0.05, 0) is 24.1 Å². The second-order valence-corrected chi connectivity index (χ2v) is 7.17. The summed E-state index contributed by atoms with van der Waals surface area (Å²) in [6.45, 7) is 0.847. The van der Waals surface area contributed by atoms with Crippen molar-refractivity contribution >= 4 is 33.4 Å². The summed E-state index contributed by atoms with van der Waals surface area (Å²) in [5.74, 6) is -1.42. The Morgan fingerprint density at radius 2 is 1.78 bits per heavy atom. The standard InChI is InChI=1S/C21H20BrNO4/c1-27-13-5-12-23-18(14-8-10-16(22)11-9-14)17(20(25)21(23)26)19(24)15-6-3-2-4-7-15/h2-4,6-11,18,24H,5,12-13H2,1H3/t18-/m1/s1. The molecule has 0 aromatic heterocycles. The van der Waals surface area contributed by atoms with Crippen molar-refractivity contribution in [3.05, 3.63) is 75.8 Å². The van der Waals surface area contributed by atoms with E-state index in [4.69, 9.17) is 4.74 Å². The first kappa shape index (κ1) is 19.3. The number of methoxy groups -OCH3 is 1. The van der Waals surface area contributed by atoms with E-state index < -0.39 is 17.7 Å². The highest BCUT2D eigenvalue weighted by atomic mass is 79.9. The summed E-state index contributed by atoms with van der Waals surface area (Å²) in [5, 5.41) is 10.8. The summed E-state index contributed by atoms with van der Waals surface area (Å²) < 4.78 is 5.97. The summed E-state index contributed by atoms with van der Waals surface area (Å²) in [5.41, 5.74) is 1.40. The van der Waals surface area contributed by atoms with E-state index in [-0.39, 0.29) is 11.3 Å². The lowest BCUT2D eigenvalue weighted by Crippen LogP contribution is -2.31. The van der Waals surface area contributed by atoms with E-state index in [2.05, 4.69) is 15.9 Å². The van der Waals surface area contributed by atoms with E-state index >= 15 is 0 Å². The molecule has 0 aliphatic carbocycles. The van der Waals surface area contributed by atoms with Gasteiger partial charge in [-0.1, -0.05) is 58.4 Å². The van der Waals surface area contributed by atoms with Crippen LogP contribution in [0.25, 0.3) is 5.76 Å². The summed E-state index contributed by atoms with van der Waals surface area (Å²) in [6, 6.07) is 15.6. The molecule has 1 N–H and O–H groups in total. The van der Waals surface area contributed by atoms with Crippen LogP contribution in [-0.2, 0) is 14.3 Å². The summed E-state index contributed by atoms with van der Waals surface area (Å²) in [6.07, 6.45) is 0.599. The van der Waals surface area contributed by atoms with Gasteiger partial charge in [0.1, 0.15) is 5.76 Å². The van der Waals surface area contributed by atoms with E-state index in [0.29, 0.717) is 25.1 Å². The molecule has 1 aliphatic heterocycles. The van der Waals surface area contributed by atoms with Crippen LogP contribution in [0, 0.1) is 0 Å². The Morgan fingerprint density at radius 1 is 1.11 bits per heavy atom. The Labute approximate surface area is 166 Å². The molecule has 3 rings (SSSR count). The third-order valence-corrected chi connectivity index (χ3v) is 5.05. The van der Waals surface area contributed by atoms with Crippen LogP contribution >= 0.6 is 15.9 Å². The largest absolute Gasteiger partial charge is 0.507 e. The summed E-state index contributed by atoms with van der Waals surface area (Å²) in [4.78, 5) is 27.0. The first-order valence-corrected chi connectivity index (χ1v) is 9.42. The number of amides is 1. The molecule has 1 fully saturated rings. The molecule has 1 heterocycles. The molecular weight excluding hydrogens is 410 g/mol. The van der Waals surface area contributed by atoms with Gasteiger partial charge in [0.05, 0.1) is 11.6 Å². The van der Waals surface area contributed by atoms with Gasteiger partial charge in [0.2, 0.25) is 0 Å². The average Bonchev–Trinajstić information content (AvgIpc) is 2.94. The number of hydrogen-bond acceptors (Lipinski definition) is 4. The van der Waals surface area contributed by atoms with E-state index in [9.17, 15) is 14.7 Å². The molecule has 1 amide bonds. The predicted octanol–water partition coefficient (Wildman–Crippen LogP) is 3.91. The number of likely N-dealkylation sites (tertiary alicyclic amines) is 1. The molecule has 0 spiro atoms. The van der Waals surface area contributed by atoms with Crippen LogP contribution in [0.1, 0.15) is 23.6 Å². The third kappa shape index (κ3) is 3.96. The van der Waals surface area contributed by atoms with E-state index in [1.54, 1.807) is 31.4 Å². The molecule has 140 valence electrons. The highest BCUT2D eigenvalue weighted by Crippen LogP contribution is 2.39. The number of ketones is 1. The van der Waals surface area contributed by atoms with Gasteiger partial charge in [0.15, 0.2) is 0 Å². The van der Waals surface area contributed by atoms with Crippen LogP contribution in [0.15, 0.2) is 64.6 Å². The molecular formula is C21H20BrNO4. The molecule has 1 atom stereocenters. The topological polar surface area (TPSA) is 66.8 Å². The number of halogens is 1. The minimum atomic E-state index is -0.665. The van der Waals surface area contributed by atoms with Crippen LogP contribution in [0.5, 0.6) is 0 Å². The van der Waals surface area contributed by atoms with Crippen molar-refractivity contribution < 1.29 is 19.4 Å². The van der Waals surface area contributed by atoms with Gasteiger partial charge in [-0.15, -0.1) is 0 Å². The van der Waals surface area contributed by atoms with Crippen molar-refractivity contribution in [2.24, 2.45) is 0 Å². The van der Waals surface area contributed by atoms with Crippen LogP contribution < -0.4 is 0 Å². The number of benzene rings is 2. The molecule has 0 bridgehead atoms. The molecule has 2 aromatic rings. The smallest absolute Gasteiger partial charge is 0.295 e. The Kier molecular flexibility index (Phi) is 6.08. The van der Waals surface area contributed by atoms with Crippen LogP contribution in [-0.4, -0.2) is 42.0 Å². The van der Waals surface area contributed by atoms with Crippen LogP contribution in [0.4, 0.5) is 0 Å². The number of carbonyl (C=O) groups excluding carboxylic acids is 2. The van der Waals surface area contributed by atoms with Crippen molar-refractivity contribution in [1.29, 1.82) is 0 Å². The second kappa shape index (κ2) is 8.50. The predicted molar refractivity (Wildman–Crippen MR) is 106 cm³/mol. The Bertz CT molecular complexity index is 862. The van der Waals surface area contributed by atoms with Gasteiger partial charge >= 0.3 is 0 Å². The first-order chi connectivity index (χ1) is 13.0. The summed E-state index contributed by atoms with van der Waals surface area (Å²) in [7, 11) is 1.59. The molecule has 27 heavy (non-hydrogen) atoms. The Morgan fingerprint density at radius 3 is 2.41 bits per heavy atom. The van der Waals surface area contributed by atoms with Crippen molar-refractivity contribution in [3.8, 4) is 0 Å². The molecule has 1 saturated heterocycles. The van der Waals surface area contributed by atoms with Crippen LogP contribution in [0.2, 0.25) is 0 Å². The minimum absolute atomic E-state index is 0.117. The molecule has 1 aliphatic rings. The third-order valence-electron chi connectivity index (χ3n) is 4.52. The Balaban J connectivity index is 2.10. The molecule has 6 heteroatoms. The lowest BCUT2D eigenvalue weighted by atomic mass is 9.95. The van der Waals surface area contributed by atoms with Crippen molar-refractivity contribution in [1.82, 2.24) is 4.90 Å². The zero-order valence-corrected chi connectivity index (χ0v) is 16.5. The molecule has 0 radical (unpaired) electrons. The van der Waals surface area contributed by atoms with E-state index in [1.807, 2.05) is 30.3 Å². The zero-order valence-electron chi connectivity index (χ0n) is 14.9. The minimum Gasteiger partial charge on any atom is -0.507 e. The van der Waals surface area contributed by atoms with Crippen LogP contribution in [0.3, 0.4) is 0 Å². The monoisotopic (exact) mass is 429 g/mol. The van der Waals surface area contributed by atoms with Crippen molar-refractivity contribution in [2.75, 3.05) is 20.3 Å². The fourth-order valence-corrected chi connectivity index (χ4v) is 3.50. The molecule has 2 aromatic carbocycles. The van der Waals surface area contributed by atoms with Gasteiger partial charge in [-0.2, -0.15) is 0 Å². The number of carbonyl (C=O) groups is 2. The number of ether oxygens (including phenoxy) is 1. The van der Waals surface area contributed by atoms with Gasteiger partial charge < -0.3 is 14.7 Å². The maximum Gasteiger partial charge on any atom is 0.295 e. The van der Waals surface area contributed by atoms with Gasteiger partial charge in [-0.25, -0.2) is 0 Å². The number of nitrogens with zero attached hydrogens (tertiary/aromatic N) is 1. The zero-order chi connectivity index (χ0) is 19.4. The maximum absolute atomic E-state index is 12.8. The van der Waals surface area contributed by atoms with Gasteiger partial charge in [0.25, 0.3) is 11.7 Å². The normalized spacial score (nSPS) is 18.9. The number of aliphatic hydroxyl groups excluding tert-OH is 1. The van der Waals surface area contributed by atoms with E-state index in [0.717, 1.165) is 10.0 Å². The van der Waals surface area contributed by atoms with Gasteiger partial charge in [0, 0.05) is 30.3 Å². The lowest BCUT2D eigenvalue weighted by molar-refractivity contribution is -0.140. The Hall–Kier alpha value is -2.44. The van der Waals surface area contributed by atoms with E-state index in [1.165, 1.54) is 4.90 Å². The van der Waals surface area contributed by atoms with Crippen molar-refractivity contribution in [2.45, 2.75) is 12.5 Å². The summed E-state index contributed by atoms with van der Waals surface area (Å²) >= 11 is 3.40. The maximum atomic E-state index is 12.8. The van der Waals surface area contributed by atoms with Crippen molar-refractivity contribution in [3.63, 3.8) is 0 Å². The number of rotatable bonds is 6. The second-order valence-electron chi connectivity index (χ2n) is 6.26. The highest BCUT2D eigenvalue weighted by molar-refractivity contribution is 9.10. The van der Waals surface area contributed by atoms with Gasteiger partial charge in [-0.3, -0.25) is 9.59 Å². The highest BCUT2D eigenvalue weighted by Gasteiger charge is 2.45. The fraction of sp³-hybridized carbons (Fsp3) is 0.238. The lowest BCUT2D eigenvalue weighted by Gasteiger charge is -2.25. The number of Topliss-reactive ketones (excluding diaryl/α,β-unsaturated/α-hetero) is 1. The molecule has 0 unspecified atom stereocenters. The quantitative estimate of drug-likeness (QED) is 0.327. The SMILES string of the molecule is COCCCN1C(=O)C(=O)C(=C(O)c2ccccc2)[C@H]1c1ccc(Br)cc1. The number of hydrogen-bond donors (Lipinski definition) is 1. The first-order valence-electron chi connectivity index (χ1n) is 8.63. The average molecular weight is 430 g/mol. The molecule has 5 nitrogen and oxygen atoms in total. The molecule has 0 saturated carbocycles. The fourth-order valence-electron chi connectivity index (χ4n) is 3.23.